The van der Waals surface area contributed by atoms with Crippen molar-refractivity contribution < 1.29 is 5.11 Å². The van der Waals surface area contributed by atoms with Gasteiger partial charge >= 0.3 is 0 Å². The smallest absolute Gasteiger partial charge is 0.0951 e. The van der Waals surface area contributed by atoms with Crippen LogP contribution < -0.4 is 5.32 Å². The maximum atomic E-state index is 9.68. The van der Waals surface area contributed by atoms with Crippen LogP contribution in [0.5, 0.6) is 0 Å². The Hall–Kier alpha value is -0.870. The first-order valence-electron chi connectivity index (χ1n) is 7.49. The maximum absolute atomic E-state index is 9.68. The van der Waals surface area contributed by atoms with E-state index < -0.39 is 0 Å². The second-order valence-electron chi connectivity index (χ2n) is 6.21. The van der Waals surface area contributed by atoms with Crippen LogP contribution in [0.25, 0.3) is 0 Å². The zero-order chi connectivity index (χ0) is 13.7. The highest BCUT2D eigenvalue weighted by Gasteiger charge is 2.30. The van der Waals surface area contributed by atoms with Crippen molar-refractivity contribution in [2.24, 2.45) is 5.41 Å². The van der Waals surface area contributed by atoms with Gasteiger partial charge < -0.3 is 15.0 Å². The summed E-state index contributed by atoms with van der Waals surface area (Å²) in [6, 6.07) is 0.445. The molecule has 1 aliphatic carbocycles. The van der Waals surface area contributed by atoms with Gasteiger partial charge in [0.15, 0.2) is 0 Å². The highest BCUT2D eigenvalue weighted by Crippen LogP contribution is 2.35. The molecule has 1 heterocycles. The van der Waals surface area contributed by atoms with E-state index in [1.807, 2.05) is 12.5 Å². The van der Waals surface area contributed by atoms with Gasteiger partial charge in [0.2, 0.25) is 0 Å². The lowest BCUT2D eigenvalue weighted by Crippen LogP contribution is -2.39. The van der Waals surface area contributed by atoms with Crippen LogP contribution in [-0.4, -0.2) is 27.8 Å². The van der Waals surface area contributed by atoms with E-state index in [0.29, 0.717) is 12.6 Å². The van der Waals surface area contributed by atoms with Crippen LogP contribution in [0.4, 0.5) is 0 Å². The average Bonchev–Trinajstić information content (AvgIpc) is 2.88. The third-order valence-electron chi connectivity index (χ3n) is 4.36. The zero-order valence-electron chi connectivity index (χ0n) is 12.2. The van der Waals surface area contributed by atoms with Crippen molar-refractivity contribution in [3.8, 4) is 0 Å². The molecule has 0 saturated heterocycles. The normalized spacial score (nSPS) is 18.9. The van der Waals surface area contributed by atoms with Gasteiger partial charge in [-0.05, 0) is 26.7 Å². The van der Waals surface area contributed by atoms with Crippen molar-refractivity contribution in [2.75, 3.05) is 13.2 Å². The highest BCUT2D eigenvalue weighted by atomic mass is 16.3. The Morgan fingerprint density at radius 2 is 2.11 bits per heavy atom. The number of aliphatic hydroxyl groups is 1. The molecule has 4 heteroatoms. The molecular weight excluding hydrogens is 238 g/mol. The van der Waals surface area contributed by atoms with Gasteiger partial charge in [-0.3, -0.25) is 0 Å². The van der Waals surface area contributed by atoms with Crippen molar-refractivity contribution in [1.29, 1.82) is 0 Å². The lowest BCUT2D eigenvalue weighted by Gasteiger charge is -2.35. The average molecular weight is 265 g/mol. The summed E-state index contributed by atoms with van der Waals surface area (Å²) >= 11 is 0. The van der Waals surface area contributed by atoms with Gasteiger partial charge in [0, 0.05) is 37.4 Å². The van der Waals surface area contributed by atoms with Gasteiger partial charge in [-0.25, -0.2) is 4.98 Å². The van der Waals surface area contributed by atoms with E-state index in [-0.39, 0.29) is 5.41 Å². The van der Waals surface area contributed by atoms with E-state index in [4.69, 9.17) is 0 Å². The van der Waals surface area contributed by atoms with Crippen molar-refractivity contribution in [3.63, 3.8) is 0 Å². The molecule has 0 aromatic carbocycles. The molecule has 0 bridgehead atoms. The number of aliphatic hydroxyl groups excluding tert-OH is 1. The Balaban J connectivity index is 1.86. The molecule has 0 radical (unpaired) electrons. The number of aromatic nitrogens is 2. The van der Waals surface area contributed by atoms with Crippen LogP contribution in [0.15, 0.2) is 12.5 Å². The van der Waals surface area contributed by atoms with Gasteiger partial charge in [-0.2, -0.15) is 0 Å². The van der Waals surface area contributed by atoms with Gasteiger partial charge in [0.1, 0.15) is 0 Å². The summed E-state index contributed by atoms with van der Waals surface area (Å²) in [6.07, 6.45) is 9.96. The Morgan fingerprint density at radius 1 is 1.37 bits per heavy atom. The molecule has 1 aromatic heterocycles. The molecule has 1 aromatic rings. The first kappa shape index (κ1) is 14.5. The molecule has 1 saturated carbocycles. The molecule has 0 atom stereocenters. The van der Waals surface area contributed by atoms with E-state index in [0.717, 1.165) is 25.9 Å². The van der Waals surface area contributed by atoms with Crippen LogP contribution in [0.2, 0.25) is 0 Å². The molecular formula is C15H27N3O. The van der Waals surface area contributed by atoms with E-state index in [2.05, 4.69) is 28.7 Å². The molecule has 19 heavy (non-hydrogen) atoms. The molecule has 108 valence electrons. The highest BCUT2D eigenvalue weighted by molar-refractivity contribution is 4.99. The number of imidazole rings is 1. The molecule has 0 amide bonds. The molecule has 1 fully saturated rings. The van der Waals surface area contributed by atoms with E-state index >= 15 is 0 Å². The third-order valence-corrected chi connectivity index (χ3v) is 4.36. The number of hydrogen-bond donors (Lipinski definition) is 2. The van der Waals surface area contributed by atoms with Crippen LogP contribution in [0.1, 0.15) is 57.7 Å². The predicted molar refractivity (Wildman–Crippen MR) is 76.9 cm³/mol. The van der Waals surface area contributed by atoms with Gasteiger partial charge in [0.25, 0.3) is 0 Å². The second kappa shape index (κ2) is 6.53. The molecule has 4 nitrogen and oxygen atoms in total. The van der Waals surface area contributed by atoms with Gasteiger partial charge in [-0.1, -0.05) is 19.3 Å². The fraction of sp³-hybridized carbons (Fsp3) is 0.800. The Bertz CT molecular complexity index is 380. The van der Waals surface area contributed by atoms with Crippen molar-refractivity contribution in [2.45, 2.75) is 58.5 Å². The lowest BCUT2D eigenvalue weighted by atomic mass is 9.74. The Kier molecular flexibility index (Phi) is 4.99. The number of rotatable bonds is 6. The molecule has 1 aliphatic rings. The molecule has 0 aliphatic heterocycles. The SMILES string of the molecule is CC(C)n1cncc1CNCC1(CO)CCCCC1. The summed E-state index contributed by atoms with van der Waals surface area (Å²) in [7, 11) is 0. The second-order valence-corrected chi connectivity index (χ2v) is 6.21. The molecule has 0 unspecified atom stereocenters. The van der Waals surface area contributed by atoms with E-state index in [1.165, 1.54) is 25.0 Å². The summed E-state index contributed by atoms with van der Waals surface area (Å²) < 4.78 is 2.19. The maximum Gasteiger partial charge on any atom is 0.0951 e. The Labute approximate surface area is 116 Å². The van der Waals surface area contributed by atoms with E-state index in [9.17, 15) is 5.11 Å². The number of nitrogens with zero attached hydrogens (tertiary/aromatic N) is 2. The monoisotopic (exact) mass is 265 g/mol. The largest absolute Gasteiger partial charge is 0.396 e. The first-order chi connectivity index (χ1) is 9.17. The van der Waals surface area contributed by atoms with Crippen molar-refractivity contribution in [1.82, 2.24) is 14.9 Å². The van der Waals surface area contributed by atoms with Gasteiger partial charge in [0.05, 0.1) is 12.0 Å². The fourth-order valence-corrected chi connectivity index (χ4v) is 3.08. The van der Waals surface area contributed by atoms with Crippen molar-refractivity contribution in [3.05, 3.63) is 18.2 Å². The predicted octanol–water partition coefficient (Wildman–Crippen LogP) is 2.50. The minimum absolute atomic E-state index is 0.112. The summed E-state index contributed by atoms with van der Waals surface area (Å²) in [5.41, 5.74) is 1.33. The van der Waals surface area contributed by atoms with Crippen LogP contribution in [-0.2, 0) is 6.54 Å². The van der Waals surface area contributed by atoms with E-state index in [1.54, 1.807) is 0 Å². The lowest BCUT2D eigenvalue weighted by molar-refractivity contribution is 0.0809. The van der Waals surface area contributed by atoms with Gasteiger partial charge in [-0.15, -0.1) is 0 Å². The minimum atomic E-state index is 0.112. The summed E-state index contributed by atoms with van der Waals surface area (Å²) in [6.45, 7) is 6.39. The van der Waals surface area contributed by atoms with Crippen LogP contribution in [0, 0.1) is 5.41 Å². The fourth-order valence-electron chi connectivity index (χ4n) is 3.08. The molecule has 2 N–H and O–H groups in total. The quantitative estimate of drug-likeness (QED) is 0.831. The topological polar surface area (TPSA) is 50.1 Å². The Morgan fingerprint density at radius 3 is 2.74 bits per heavy atom. The summed E-state index contributed by atoms with van der Waals surface area (Å²) in [5.74, 6) is 0. The third kappa shape index (κ3) is 3.57. The summed E-state index contributed by atoms with van der Waals surface area (Å²) in [4.78, 5) is 4.22. The molecule has 0 spiro atoms. The summed E-state index contributed by atoms with van der Waals surface area (Å²) in [5, 5.41) is 13.2. The number of hydrogen-bond acceptors (Lipinski definition) is 3. The number of nitrogens with one attached hydrogen (secondary N) is 1. The molecule has 2 rings (SSSR count). The van der Waals surface area contributed by atoms with Crippen LogP contribution >= 0.6 is 0 Å². The van der Waals surface area contributed by atoms with Crippen LogP contribution in [0.3, 0.4) is 0 Å². The standard InChI is InChI=1S/C15H27N3O/c1-13(2)18-12-17-9-14(18)8-16-10-15(11-19)6-4-3-5-7-15/h9,12-13,16,19H,3-8,10-11H2,1-2H3. The van der Waals surface area contributed by atoms with Crippen molar-refractivity contribution >= 4 is 0 Å². The zero-order valence-corrected chi connectivity index (χ0v) is 12.2. The first-order valence-corrected chi connectivity index (χ1v) is 7.49. The minimum Gasteiger partial charge on any atom is -0.396 e.